The van der Waals surface area contributed by atoms with E-state index in [1.807, 2.05) is 0 Å². The SMILES string of the molecule is Nc1c(S(=O)(=O)O)cc2cc(S(=O)(=O)O)ccc2c1N=Nc1ccc(C(=O)Nc2cccc(S(=O)(=O)CCOS(=O)(=O)O)c2)cc1. The molecule has 244 valence electrons. The molecule has 0 bridgehead atoms. The van der Waals surface area contributed by atoms with E-state index >= 15 is 0 Å². The first-order chi connectivity index (χ1) is 21.2. The van der Waals surface area contributed by atoms with Crippen LogP contribution in [0.15, 0.2) is 97.7 Å². The minimum Gasteiger partial charge on any atom is -0.396 e. The molecule has 4 aromatic rings. The number of hydrogen-bond acceptors (Lipinski definition) is 13. The summed E-state index contributed by atoms with van der Waals surface area (Å²) in [7, 11) is -18.4. The number of nitrogens with two attached hydrogens (primary N) is 1. The van der Waals surface area contributed by atoms with Gasteiger partial charge in [0, 0.05) is 16.6 Å². The Labute approximate surface area is 262 Å². The van der Waals surface area contributed by atoms with E-state index in [1.54, 1.807) is 0 Å². The summed E-state index contributed by atoms with van der Waals surface area (Å²) in [6.07, 6.45) is 0. The molecule has 1 amide bonds. The summed E-state index contributed by atoms with van der Waals surface area (Å²) in [4.78, 5) is 11.2. The minimum absolute atomic E-state index is 0.0544. The predicted octanol–water partition coefficient (Wildman–Crippen LogP) is 3.18. The van der Waals surface area contributed by atoms with E-state index in [-0.39, 0.29) is 38.3 Å². The van der Waals surface area contributed by atoms with Crippen LogP contribution in [-0.2, 0) is 44.7 Å². The van der Waals surface area contributed by atoms with E-state index < -0.39 is 74.2 Å². The number of nitrogens with zero attached hydrogens (tertiary/aromatic N) is 2. The normalized spacial score (nSPS) is 12.8. The molecule has 0 aliphatic carbocycles. The van der Waals surface area contributed by atoms with E-state index in [2.05, 4.69) is 19.7 Å². The van der Waals surface area contributed by atoms with Crippen molar-refractivity contribution in [1.29, 1.82) is 0 Å². The zero-order valence-corrected chi connectivity index (χ0v) is 26.1. The number of amides is 1. The van der Waals surface area contributed by atoms with Crippen LogP contribution >= 0.6 is 0 Å². The van der Waals surface area contributed by atoms with Gasteiger partial charge in [-0.3, -0.25) is 18.5 Å². The van der Waals surface area contributed by atoms with Crippen molar-refractivity contribution in [2.75, 3.05) is 23.4 Å². The average molecular weight is 715 g/mol. The molecule has 0 saturated carbocycles. The van der Waals surface area contributed by atoms with Gasteiger partial charge in [0.1, 0.15) is 10.6 Å². The smallest absolute Gasteiger partial charge is 0.396 e. The first-order valence-electron chi connectivity index (χ1n) is 12.3. The van der Waals surface area contributed by atoms with Crippen molar-refractivity contribution in [3.63, 3.8) is 0 Å². The number of nitrogen functional groups attached to an aromatic ring is 1. The Bertz CT molecular complexity index is 2330. The summed E-state index contributed by atoms with van der Waals surface area (Å²) >= 11 is 0. The van der Waals surface area contributed by atoms with Crippen molar-refractivity contribution in [2.24, 2.45) is 10.2 Å². The Hall–Kier alpha value is -4.35. The number of rotatable bonds is 11. The quantitative estimate of drug-likeness (QED) is 0.0847. The highest BCUT2D eigenvalue weighted by molar-refractivity contribution is 7.91. The summed E-state index contributed by atoms with van der Waals surface area (Å²) in [6, 6.07) is 14.6. The lowest BCUT2D eigenvalue weighted by atomic mass is 10.1. The third-order valence-corrected chi connectivity index (χ3v) is 9.98. The molecule has 46 heavy (non-hydrogen) atoms. The summed E-state index contributed by atoms with van der Waals surface area (Å²) < 4.78 is 125. The van der Waals surface area contributed by atoms with E-state index in [0.717, 1.165) is 24.3 Å². The van der Waals surface area contributed by atoms with Gasteiger partial charge in [-0.15, -0.1) is 5.11 Å². The fraction of sp³-hybridized carbons (Fsp3) is 0.0800. The molecule has 4 rings (SSSR count). The Kier molecular flexibility index (Phi) is 9.61. The average Bonchev–Trinajstić information content (AvgIpc) is 2.94. The molecule has 0 spiro atoms. The zero-order chi connectivity index (χ0) is 34.1. The van der Waals surface area contributed by atoms with Gasteiger partial charge in [-0.1, -0.05) is 12.1 Å². The standard InChI is InChI=1S/C25H22N4O13S4/c26-23-22(45(36,37)38)13-16-12-20(44(33,34)35)8-9-21(16)24(23)29-28-17-6-4-15(5-7-17)25(30)27-18-2-1-3-19(14-18)43(31,32)11-10-42-46(39,40)41/h1-9,12-14H,10-11,26H2,(H,27,30)(H,33,34,35)(H,36,37,38)(H,39,40,41). The third-order valence-electron chi connectivity index (χ3n) is 6.09. The number of azo groups is 1. The van der Waals surface area contributed by atoms with Gasteiger partial charge in [0.25, 0.3) is 26.1 Å². The monoisotopic (exact) mass is 714 g/mol. The minimum atomic E-state index is -4.89. The Morgan fingerprint density at radius 2 is 1.46 bits per heavy atom. The number of anilines is 2. The molecule has 21 heteroatoms. The molecule has 0 radical (unpaired) electrons. The Morgan fingerprint density at radius 1 is 0.783 bits per heavy atom. The van der Waals surface area contributed by atoms with Gasteiger partial charge in [-0.25, -0.2) is 12.6 Å². The van der Waals surface area contributed by atoms with Gasteiger partial charge in [0.05, 0.1) is 33.5 Å². The van der Waals surface area contributed by atoms with E-state index in [1.165, 1.54) is 48.5 Å². The van der Waals surface area contributed by atoms with Crippen molar-refractivity contribution in [1.82, 2.24) is 0 Å². The van der Waals surface area contributed by atoms with Gasteiger partial charge in [-0.05, 0) is 66.0 Å². The third kappa shape index (κ3) is 8.46. The number of carbonyl (C=O) groups is 1. The number of fused-ring (bicyclic) bond motifs is 1. The number of nitrogens with one attached hydrogen (secondary N) is 1. The van der Waals surface area contributed by atoms with Crippen molar-refractivity contribution in [3.05, 3.63) is 78.4 Å². The van der Waals surface area contributed by atoms with Crippen molar-refractivity contribution >= 4 is 79.9 Å². The molecule has 0 unspecified atom stereocenters. The van der Waals surface area contributed by atoms with Crippen LogP contribution in [0, 0.1) is 0 Å². The topological polar surface area (TPSA) is 286 Å². The highest BCUT2D eigenvalue weighted by Gasteiger charge is 2.22. The van der Waals surface area contributed by atoms with Gasteiger partial charge < -0.3 is 11.1 Å². The maximum atomic E-state index is 12.8. The number of sulfone groups is 1. The lowest BCUT2D eigenvalue weighted by Gasteiger charge is -2.10. The zero-order valence-electron chi connectivity index (χ0n) is 22.9. The fourth-order valence-electron chi connectivity index (χ4n) is 3.96. The lowest BCUT2D eigenvalue weighted by molar-refractivity contribution is 0.102. The van der Waals surface area contributed by atoms with Crippen LogP contribution in [0.3, 0.4) is 0 Å². The second-order valence-electron chi connectivity index (χ2n) is 9.27. The van der Waals surface area contributed by atoms with Crippen LogP contribution in [0.2, 0.25) is 0 Å². The lowest BCUT2D eigenvalue weighted by Crippen LogP contribution is -2.16. The molecular formula is C25H22N4O13S4. The summed E-state index contributed by atoms with van der Waals surface area (Å²) in [6.45, 7) is -0.828. The van der Waals surface area contributed by atoms with Crippen LogP contribution in [-0.4, -0.2) is 65.6 Å². The molecule has 0 fully saturated rings. The van der Waals surface area contributed by atoms with Gasteiger partial charge in [0.15, 0.2) is 9.84 Å². The molecule has 4 aromatic carbocycles. The fourth-order valence-corrected chi connectivity index (χ4v) is 6.66. The van der Waals surface area contributed by atoms with Crippen LogP contribution in [0.5, 0.6) is 0 Å². The maximum absolute atomic E-state index is 12.8. The molecule has 0 aromatic heterocycles. The summed E-state index contributed by atoms with van der Waals surface area (Å²) in [5.74, 6) is -1.42. The van der Waals surface area contributed by atoms with Gasteiger partial charge in [-0.2, -0.15) is 30.4 Å². The number of benzene rings is 4. The van der Waals surface area contributed by atoms with Crippen LogP contribution in [0.25, 0.3) is 10.8 Å². The maximum Gasteiger partial charge on any atom is 0.397 e. The first kappa shape index (κ1) is 34.5. The van der Waals surface area contributed by atoms with Crippen molar-refractivity contribution < 1.29 is 56.3 Å². The van der Waals surface area contributed by atoms with Crippen molar-refractivity contribution in [3.8, 4) is 0 Å². The van der Waals surface area contributed by atoms with Gasteiger partial charge in [0.2, 0.25) is 0 Å². The molecule has 0 aliphatic rings. The first-order valence-corrected chi connectivity index (χ1v) is 18.2. The number of carbonyl (C=O) groups excluding carboxylic acids is 1. The molecular weight excluding hydrogens is 693 g/mol. The summed E-state index contributed by atoms with van der Waals surface area (Å²) in [5.41, 5.74) is 5.55. The van der Waals surface area contributed by atoms with E-state index in [0.29, 0.717) is 0 Å². The summed E-state index contributed by atoms with van der Waals surface area (Å²) in [5, 5.41) is 10.5. The Balaban J connectivity index is 1.56. The number of hydrogen-bond donors (Lipinski definition) is 5. The molecule has 17 nitrogen and oxygen atoms in total. The van der Waals surface area contributed by atoms with Crippen LogP contribution in [0.4, 0.5) is 22.7 Å². The van der Waals surface area contributed by atoms with Gasteiger partial charge >= 0.3 is 10.4 Å². The molecule has 0 heterocycles. The van der Waals surface area contributed by atoms with E-state index in [9.17, 15) is 47.6 Å². The van der Waals surface area contributed by atoms with E-state index in [4.69, 9.17) is 10.3 Å². The second-order valence-corrected chi connectivity index (χ2v) is 15.3. The highest BCUT2D eigenvalue weighted by Crippen LogP contribution is 2.39. The molecule has 0 saturated heterocycles. The molecule has 6 N–H and O–H groups in total. The van der Waals surface area contributed by atoms with Crippen LogP contribution < -0.4 is 11.1 Å². The largest absolute Gasteiger partial charge is 0.397 e. The Morgan fingerprint density at radius 3 is 2.07 bits per heavy atom. The highest BCUT2D eigenvalue weighted by atomic mass is 32.3. The molecule has 0 aliphatic heterocycles. The van der Waals surface area contributed by atoms with Crippen molar-refractivity contribution in [2.45, 2.75) is 14.7 Å². The van der Waals surface area contributed by atoms with Crippen LogP contribution in [0.1, 0.15) is 10.4 Å². The predicted molar refractivity (Wildman–Crippen MR) is 163 cm³/mol. The molecule has 0 atom stereocenters. The second kappa shape index (κ2) is 12.8.